The topological polar surface area (TPSA) is 70.9 Å². The molecule has 5 heteroatoms. The fourth-order valence-corrected chi connectivity index (χ4v) is 3.25. The second-order valence-corrected chi connectivity index (χ2v) is 7.74. The van der Waals surface area contributed by atoms with E-state index in [4.69, 9.17) is 4.74 Å². The first-order valence-electron chi connectivity index (χ1n) is 11.6. The Balaban J connectivity index is 3.07. The standard InChI is InChI=1S/C22H46N2O3/c1-2-3-4-5-6-7-8-9-10-11-12-13-14-15-16-19-27-21-22(25)20-23-17-18-24-26/h22-23,25H,2-21H2,1H3. The predicted octanol–water partition coefficient (Wildman–Crippen LogP) is 5.59. The number of nitrogens with zero attached hydrogens (tertiary/aromatic N) is 1. The van der Waals surface area contributed by atoms with E-state index in [1.165, 1.54) is 89.9 Å². The molecule has 0 aromatic heterocycles. The van der Waals surface area contributed by atoms with Crippen molar-refractivity contribution in [2.45, 2.75) is 109 Å². The Hall–Kier alpha value is -0.520. The molecule has 0 aromatic carbocycles. The maximum atomic E-state index is 9.92. The Bertz CT molecular complexity index is 291. The van der Waals surface area contributed by atoms with Gasteiger partial charge in [-0.3, -0.25) is 0 Å². The van der Waals surface area contributed by atoms with E-state index in [0.717, 1.165) is 13.0 Å². The molecule has 0 radical (unpaired) electrons. The number of unbranched alkanes of at least 4 members (excludes halogenated alkanes) is 14. The average molecular weight is 387 g/mol. The van der Waals surface area contributed by atoms with Crippen LogP contribution in [0.5, 0.6) is 0 Å². The fourth-order valence-electron chi connectivity index (χ4n) is 3.25. The van der Waals surface area contributed by atoms with Crippen molar-refractivity contribution in [1.29, 1.82) is 0 Å². The molecule has 0 amide bonds. The van der Waals surface area contributed by atoms with Crippen LogP contribution in [-0.4, -0.2) is 44.1 Å². The molecule has 2 N–H and O–H groups in total. The van der Waals surface area contributed by atoms with Crippen molar-refractivity contribution in [1.82, 2.24) is 5.32 Å². The van der Waals surface area contributed by atoms with Crippen LogP contribution in [0.2, 0.25) is 0 Å². The van der Waals surface area contributed by atoms with Gasteiger partial charge in [-0.2, -0.15) is 4.91 Å². The smallest absolute Gasteiger partial charge is 0.0935 e. The Morgan fingerprint density at radius 1 is 0.815 bits per heavy atom. The molecular weight excluding hydrogens is 340 g/mol. The first kappa shape index (κ1) is 26.5. The number of hydrogen-bond donors (Lipinski definition) is 2. The highest BCUT2D eigenvalue weighted by atomic mass is 16.5. The molecular formula is C22H46N2O3. The molecule has 0 aliphatic carbocycles. The largest absolute Gasteiger partial charge is 0.389 e. The molecule has 0 fully saturated rings. The summed E-state index contributed by atoms with van der Waals surface area (Å²) in [5, 5.41) is 15.4. The summed E-state index contributed by atoms with van der Waals surface area (Å²) in [5.74, 6) is 0. The number of ether oxygens (including phenoxy) is 1. The third-order valence-electron chi connectivity index (χ3n) is 4.96. The van der Waals surface area contributed by atoms with Crippen molar-refractivity contribution < 1.29 is 9.84 Å². The van der Waals surface area contributed by atoms with E-state index in [1.54, 1.807) is 0 Å². The molecule has 0 spiro atoms. The summed E-state index contributed by atoms with van der Waals surface area (Å²) in [6.45, 7) is 4.57. The molecule has 0 aliphatic rings. The summed E-state index contributed by atoms with van der Waals surface area (Å²) in [7, 11) is 0. The molecule has 1 atom stereocenters. The van der Waals surface area contributed by atoms with Crippen molar-refractivity contribution in [2.24, 2.45) is 5.18 Å². The van der Waals surface area contributed by atoms with Gasteiger partial charge in [-0.05, 0) is 6.42 Å². The number of nitrogens with one attached hydrogen (secondary N) is 1. The fraction of sp³-hybridized carbons (Fsp3) is 1.00. The number of hydrogen-bond acceptors (Lipinski definition) is 5. The molecule has 5 nitrogen and oxygen atoms in total. The molecule has 27 heavy (non-hydrogen) atoms. The molecule has 162 valence electrons. The highest BCUT2D eigenvalue weighted by Gasteiger charge is 2.03. The highest BCUT2D eigenvalue weighted by Crippen LogP contribution is 2.13. The summed E-state index contributed by atoms with van der Waals surface area (Å²) in [5.41, 5.74) is 0. The highest BCUT2D eigenvalue weighted by molar-refractivity contribution is 4.59. The van der Waals surface area contributed by atoms with E-state index in [1.807, 2.05) is 0 Å². The minimum Gasteiger partial charge on any atom is -0.389 e. The van der Waals surface area contributed by atoms with Crippen LogP contribution in [0.3, 0.4) is 0 Å². The van der Waals surface area contributed by atoms with Crippen LogP contribution < -0.4 is 5.32 Å². The van der Waals surface area contributed by atoms with Gasteiger partial charge in [-0.15, -0.1) is 0 Å². The lowest BCUT2D eigenvalue weighted by Crippen LogP contribution is -2.31. The number of aliphatic hydroxyl groups excluding tert-OH is 1. The van der Waals surface area contributed by atoms with Gasteiger partial charge >= 0.3 is 0 Å². The Labute approximate surface area is 168 Å². The first-order valence-corrected chi connectivity index (χ1v) is 11.6. The summed E-state index contributed by atoms with van der Waals surface area (Å²) in [6.07, 6.45) is 19.9. The van der Waals surface area contributed by atoms with Gasteiger partial charge < -0.3 is 15.2 Å². The maximum Gasteiger partial charge on any atom is 0.0935 e. The maximum absolute atomic E-state index is 9.92. The summed E-state index contributed by atoms with van der Waals surface area (Å²) in [6, 6.07) is 0. The quantitative estimate of drug-likeness (QED) is 0.177. The lowest BCUT2D eigenvalue weighted by Gasteiger charge is -2.11. The van der Waals surface area contributed by atoms with Crippen LogP contribution in [0, 0.1) is 4.91 Å². The Morgan fingerprint density at radius 3 is 1.78 bits per heavy atom. The Morgan fingerprint density at radius 2 is 1.30 bits per heavy atom. The van der Waals surface area contributed by atoms with Gasteiger partial charge in [0.15, 0.2) is 0 Å². The van der Waals surface area contributed by atoms with Crippen LogP contribution in [0.1, 0.15) is 103 Å². The van der Waals surface area contributed by atoms with E-state index in [9.17, 15) is 10.0 Å². The number of aliphatic hydroxyl groups is 1. The van der Waals surface area contributed by atoms with Gasteiger partial charge in [0.2, 0.25) is 0 Å². The monoisotopic (exact) mass is 386 g/mol. The zero-order chi connectivity index (χ0) is 19.8. The van der Waals surface area contributed by atoms with Crippen LogP contribution in [0.25, 0.3) is 0 Å². The third kappa shape index (κ3) is 23.4. The molecule has 0 aromatic rings. The minimum atomic E-state index is -0.506. The number of rotatable bonds is 23. The Kier molecular flexibility index (Phi) is 23.1. The lowest BCUT2D eigenvalue weighted by molar-refractivity contribution is 0.0356. The van der Waals surface area contributed by atoms with E-state index >= 15 is 0 Å². The van der Waals surface area contributed by atoms with Crippen LogP contribution >= 0.6 is 0 Å². The summed E-state index contributed by atoms with van der Waals surface area (Å²) >= 11 is 0. The SMILES string of the molecule is CCCCCCCCCCCCCCCCCOCC(O)CNCCN=O. The summed E-state index contributed by atoms with van der Waals surface area (Å²) in [4.78, 5) is 9.92. The first-order chi connectivity index (χ1) is 13.3. The molecule has 0 saturated carbocycles. The van der Waals surface area contributed by atoms with Crippen molar-refractivity contribution in [3.63, 3.8) is 0 Å². The predicted molar refractivity (Wildman–Crippen MR) is 115 cm³/mol. The van der Waals surface area contributed by atoms with Crippen LogP contribution in [0.4, 0.5) is 0 Å². The van der Waals surface area contributed by atoms with Gasteiger partial charge in [0.05, 0.1) is 19.3 Å². The van der Waals surface area contributed by atoms with Gasteiger partial charge in [0.1, 0.15) is 0 Å². The van der Waals surface area contributed by atoms with Gasteiger partial charge in [0.25, 0.3) is 0 Å². The van der Waals surface area contributed by atoms with E-state index in [0.29, 0.717) is 19.7 Å². The molecule has 1 unspecified atom stereocenters. The van der Waals surface area contributed by atoms with E-state index in [2.05, 4.69) is 17.4 Å². The second-order valence-electron chi connectivity index (χ2n) is 7.74. The van der Waals surface area contributed by atoms with Gasteiger partial charge in [0, 0.05) is 19.7 Å². The lowest BCUT2D eigenvalue weighted by atomic mass is 10.0. The minimum absolute atomic E-state index is 0.243. The zero-order valence-electron chi connectivity index (χ0n) is 17.9. The zero-order valence-corrected chi connectivity index (χ0v) is 17.9. The van der Waals surface area contributed by atoms with Crippen molar-refractivity contribution in [3.05, 3.63) is 4.91 Å². The van der Waals surface area contributed by atoms with E-state index < -0.39 is 6.10 Å². The van der Waals surface area contributed by atoms with Crippen molar-refractivity contribution >= 4 is 0 Å². The van der Waals surface area contributed by atoms with E-state index in [-0.39, 0.29) is 6.54 Å². The van der Waals surface area contributed by atoms with Crippen LogP contribution in [-0.2, 0) is 4.74 Å². The molecule has 0 bridgehead atoms. The molecule has 0 saturated heterocycles. The molecule has 0 rings (SSSR count). The average Bonchev–Trinajstić information content (AvgIpc) is 2.67. The van der Waals surface area contributed by atoms with Gasteiger partial charge in [-0.1, -0.05) is 102 Å². The third-order valence-corrected chi connectivity index (χ3v) is 4.96. The van der Waals surface area contributed by atoms with Crippen molar-refractivity contribution in [3.8, 4) is 0 Å². The summed E-state index contributed by atoms with van der Waals surface area (Å²) < 4.78 is 5.49. The normalized spacial score (nSPS) is 12.4. The second kappa shape index (κ2) is 23.5. The molecule has 0 aliphatic heterocycles. The number of nitroso groups, excluding NO2 is 1. The molecule has 0 heterocycles. The van der Waals surface area contributed by atoms with Gasteiger partial charge in [-0.25, -0.2) is 0 Å². The van der Waals surface area contributed by atoms with Crippen molar-refractivity contribution in [2.75, 3.05) is 32.8 Å². The van der Waals surface area contributed by atoms with Crippen LogP contribution in [0.15, 0.2) is 5.18 Å².